The zero-order valence-electron chi connectivity index (χ0n) is 21.4. The van der Waals surface area contributed by atoms with Gasteiger partial charge in [0.15, 0.2) is 0 Å². The third-order valence-corrected chi connectivity index (χ3v) is 6.73. The van der Waals surface area contributed by atoms with Crippen molar-refractivity contribution in [2.24, 2.45) is 0 Å². The molecular formula is C29H23F3N8O. The summed E-state index contributed by atoms with van der Waals surface area (Å²) in [5.74, 6) is -1.25. The SMILES string of the molecule is Nc1cc(-c2c(-c3ccc(F)cc3)nn3c(NCC(O)(Cn4cncn4)c4ccc(F)cc4F)cccc23)ccn1. The zero-order chi connectivity index (χ0) is 28.6. The van der Waals surface area contributed by atoms with Crippen molar-refractivity contribution in [2.75, 3.05) is 17.6 Å². The molecule has 0 aliphatic carbocycles. The van der Waals surface area contributed by atoms with Crippen molar-refractivity contribution in [3.63, 3.8) is 0 Å². The van der Waals surface area contributed by atoms with Gasteiger partial charge in [-0.1, -0.05) is 12.1 Å². The summed E-state index contributed by atoms with van der Waals surface area (Å²) in [6.45, 7) is -0.363. The molecule has 4 aromatic heterocycles. The first-order chi connectivity index (χ1) is 19.8. The molecule has 2 aromatic carbocycles. The van der Waals surface area contributed by atoms with Gasteiger partial charge in [-0.05, 0) is 60.2 Å². The Hall–Kier alpha value is -5.23. The molecule has 0 aliphatic rings. The number of pyridine rings is 2. The maximum absolute atomic E-state index is 14.9. The molecule has 0 saturated heterocycles. The summed E-state index contributed by atoms with van der Waals surface area (Å²) in [6, 6.07) is 17.9. The van der Waals surface area contributed by atoms with Gasteiger partial charge in [0.2, 0.25) is 0 Å². The molecule has 0 bridgehead atoms. The predicted octanol–water partition coefficient (Wildman–Crippen LogP) is 4.65. The number of fused-ring (bicyclic) bond motifs is 1. The van der Waals surface area contributed by atoms with Gasteiger partial charge in [0, 0.05) is 29.0 Å². The third-order valence-electron chi connectivity index (χ3n) is 6.73. The molecule has 6 rings (SSSR count). The average Bonchev–Trinajstić information content (AvgIpc) is 3.60. The Bertz CT molecular complexity index is 1840. The van der Waals surface area contributed by atoms with Crippen molar-refractivity contribution < 1.29 is 18.3 Å². The second-order valence-electron chi connectivity index (χ2n) is 9.51. The Morgan fingerprint density at radius 2 is 1.73 bits per heavy atom. The summed E-state index contributed by atoms with van der Waals surface area (Å²) in [5.41, 5.74) is 7.41. The van der Waals surface area contributed by atoms with Crippen molar-refractivity contribution in [1.82, 2.24) is 29.4 Å². The fourth-order valence-corrected chi connectivity index (χ4v) is 4.82. The molecule has 0 aliphatic heterocycles. The van der Waals surface area contributed by atoms with Crippen molar-refractivity contribution in [3.05, 3.63) is 115 Å². The van der Waals surface area contributed by atoms with E-state index >= 15 is 0 Å². The highest BCUT2D eigenvalue weighted by molar-refractivity contribution is 5.93. The summed E-state index contributed by atoms with van der Waals surface area (Å²) in [5, 5.41) is 23.8. The molecule has 1 unspecified atom stereocenters. The first kappa shape index (κ1) is 26.0. The summed E-state index contributed by atoms with van der Waals surface area (Å²) in [4.78, 5) is 7.98. The number of nitrogens with zero attached hydrogens (tertiary/aromatic N) is 6. The van der Waals surface area contributed by atoms with E-state index in [-0.39, 0.29) is 24.5 Å². The minimum absolute atomic E-state index is 0.116. The molecule has 1 atom stereocenters. The number of hydrogen-bond donors (Lipinski definition) is 3. The normalized spacial score (nSPS) is 12.9. The van der Waals surface area contributed by atoms with Crippen LogP contribution in [-0.2, 0) is 12.1 Å². The number of anilines is 2. The molecule has 0 amide bonds. The van der Waals surface area contributed by atoms with Gasteiger partial charge < -0.3 is 16.2 Å². The van der Waals surface area contributed by atoms with E-state index in [1.165, 1.54) is 35.5 Å². The Morgan fingerprint density at radius 3 is 2.46 bits per heavy atom. The van der Waals surface area contributed by atoms with E-state index in [4.69, 9.17) is 10.8 Å². The summed E-state index contributed by atoms with van der Waals surface area (Å²) >= 11 is 0. The Morgan fingerprint density at radius 1 is 0.927 bits per heavy atom. The molecule has 0 spiro atoms. The third kappa shape index (κ3) is 5.08. The number of nitrogens with one attached hydrogen (secondary N) is 1. The number of aliphatic hydroxyl groups is 1. The average molecular weight is 557 g/mol. The lowest BCUT2D eigenvalue weighted by Crippen LogP contribution is -2.40. The van der Waals surface area contributed by atoms with Gasteiger partial charge in [-0.3, -0.25) is 0 Å². The topological polar surface area (TPSA) is 119 Å². The van der Waals surface area contributed by atoms with Crippen LogP contribution in [-0.4, -0.2) is 41.0 Å². The minimum atomic E-state index is -1.86. The van der Waals surface area contributed by atoms with Gasteiger partial charge in [-0.2, -0.15) is 10.2 Å². The van der Waals surface area contributed by atoms with Gasteiger partial charge in [0.05, 0.1) is 18.6 Å². The minimum Gasteiger partial charge on any atom is -0.384 e. The van der Waals surface area contributed by atoms with E-state index in [0.29, 0.717) is 28.4 Å². The highest BCUT2D eigenvalue weighted by Crippen LogP contribution is 2.37. The first-order valence-corrected chi connectivity index (χ1v) is 12.5. The largest absolute Gasteiger partial charge is 0.384 e. The molecular weight excluding hydrogens is 533 g/mol. The van der Waals surface area contributed by atoms with Crippen molar-refractivity contribution in [2.45, 2.75) is 12.1 Å². The number of benzene rings is 2. The van der Waals surface area contributed by atoms with Crippen LogP contribution in [0.1, 0.15) is 5.56 Å². The van der Waals surface area contributed by atoms with Crippen LogP contribution < -0.4 is 11.1 Å². The maximum atomic E-state index is 14.9. The van der Waals surface area contributed by atoms with Crippen molar-refractivity contribution >= 4 is 17.2 Å². The zero-order valence-corrected chi connectivity index (χ0v) is 21.4. The van der Waals surface area contributed by atoms with Gasteiger partial charge in [0.25, 0.3) is 0 Å². The second kappa shape index (κ2) is 10.4. The van der Waals surface area contributed by atoms with E-state index < -0.39 is 17.2 Å². The second-order valence-corrected chi connectivity index (χ2v) is 9.51. The van der Waals surface area contributed by atoms with Gasteiger partial charge in [-0.15, -0.1) is 0 Å². The summed E-state index contributed by atoms with van der Waals surface area (Å²) in [7, 11) is 0. The molecule has 4 N–H and O–H groups in total. The van der Waals surface area contributed by atoms with Crippen LogP contribution in [0.5, 0.6) is 0 Å². The highest BCUT2D eigenvalue weighted by Gasteiger charge is 2.34. The molecule has 4 heterocycles. The molecule has 12 heteroatoms. The summed E-state index contributed by atoms with van der Waals surface area (Å²) < 4.78 is 45.4. The fourth-order valence-electron chi connectivity index (χ4n) is 4.82. The van der Waals surface area contributed by atoms with Crippen LogP contribution in [0.15, 0.2) is 91.6 Å². The molecule has 0 fully saturated rings. The van der Waals surface area contributed by atoms with Gasteiger partial charge in [-0.25, -0.2) is 32.3 Å². The molecule has 41 heavy (non-hydrogen) atoms. The Kier molecular flexibility index (Phi) is 6.59. The van der Waals surface area contributed by atoms with Gasteiger partial charge in [0.1, 0.15) is 53.0 Å². The van der Waals surface area contributed by atoms with Crippen molar-refractivity contribution in [3.8, 4) is 22.4 Å². The predicted molar refractivity (Wildman–Crippen MR) is 147 cm³/mol. The van der Waals surface area contributed by atoms with E-state index in [9.17, 15) is 18.3 Å². The molecule has 9 nitrogen and oxygen atoms in total. The van der Waals surface area contributed by atoms with E-state index in [1.54, 1.807) is 47.1 Å². The van der Waals surface area contributed by atoms with Crippen LogP contribution in [0, 0.1) is 17.5 Å². The lowest BCUT2D eigenvalue weighted by molar-refractivity contribution is 0.0246. The van der Waals surface area contributed by atoms with Gasteiger partial charge >= 0.3 is 0 Å². The van der Waals surface area contributed by atoms with E-state index in [1.807, 2.05) is 6.07 Å². The summed E-state index contributed by atoms with van der Waals surface area (Å²) in [6.07, 6.45) is 4.28. The highest BCUT2D eigenvalue weighted by atomic mass is 19.1. The molecule has 6 aromatic rings. The Balaban J connectivity index is 1.45. The first-order valence-electron chi connectivity index (χ1n) is 12.5. The number of hydrogen-bond acceptors (Lipinski definition) is 7. The lowest BCUT2D eigenvalue weighted by atomic mass is 9.92. The van der Waals surface area contributed by atoms with Crippen molar-refractivity contribution in [1.29, 1.82) is 0 Å². The number of halogens is 3. The Labute approximate surface area is 231 Å². The van der Waals surface area contributed by atoms with Crippen LogP contribution in [0.25, 0.3) is 27.9 Å². The molecule has 0 radical (unpaired) electrons. The van der Waals surface area contributed by atoms with Crippen LogP contribution in [0.2, 0.25) is 0 Å². The number of nitrogen functional groups attached to an aromatic ring is 1. The number of nitrogens with two attached hydrogens (primary N) is 1. The quantitative estimate of drug-likeness (QED) is 0.250. The maximum Gasteiger partial charge on any atom is 0.137 e. The monoisotopic (exact) mass is 556 g/mol. The number of rotatable bonds is 8. The molecule has 0 saturated carbocycles. The van der Waals surface area contributed by atoms with E-state index in [2.05, 4.69) is 20.4 Å². The number of aromatic nitrogens is 6. The van der Waals surface area contributed by atoms with E-state index in [0.717, 1.165) is 23.3 Å². The van der Waals surface area contributed by atoms with Crippen LogP contribution in [0.3, 0.4) is 0 Å². The smallest absolute Gasteiger partial charge is 0.137 e. The fraction of sp³-hybridized carbons (Fsp3) is 0.103. The molecule has 206 valence electrons. The lowest BCUT2D eigenvalue weighted by Gasteiger charge is -2.29. The van der Waals surface area contributed by atoms with Crippen LogP contribution in [0.4, 0.5) is 24.8 Å². The standard InChI is InChI=1S/C29H23F3N8O/c30-20-6-4-18(5-7-20)28-27(19-10-11-35-25(33)12-19)24-2-1-3-26(40(24)38-28)36-14-29(41,15-39-17-34-16-37-39)22-9-8-21(31)13-23(22)32/h1-13,16-17,36,41H,14-15H2,(H2,33,35). The van der Waals surface area contributed by atoms with Crippen LogP contribution >= 0.6 is 0 Å².